The molecule has 0 aliphatic carbocycles. The Labute approximate surface area is 377 Å². The number of nitrogens with two attached hydrogens (primary N) is 1. The minimum atomic E-state index is -2.07. The molecule has 3 aromatic rings. The highest BCUT2D eigenvalue weighted by molar-refractivity contribution is 6.74. The van der Waals surface area contributed by atoms with E-state index in [2.05, 4.69) is 81.2 Å². The van der Waals surface area contributed by atoms with Gasteiger partial charge in [0.2, 0.25) is 0 Å². The second-order valence-electron chi connectivity index (χ2n) is 20.1. The molecule has 5 heterocycles. The number of aromatic nitrogens is 3. The smallest absolute Gasteiger partial charge is 0.410 e. The lowest BCUT2D eigenvalue weighted by Gasteiger charge is -2.47. The lowest BCUT2D eigenvalue weighted by atomic mass is 10.1. The number of rotatable bonds is 9. The summed E-state index contributed by atoms with van der Waals surface area (Å²) >= 11 is 0. The number of piperazine rings is 2. The topological polar surface area (TPSA) is 170 Å². The van der Waals surface area contributed by atoms with Crippen LogP contribution >= 0.6 is 0 Å². The van der Waals surface area contributed by atoms with E-state index in [0.717, 1.165) is 34.3 Å². The number of nitrogens with zero attached hydrogens (tertiary/aromatic N) is 7. The monoisotopic (exact) mass is 897 g/mol. The van der Waals surface area contributed by atoms with Crippen LogP contribution in [0.5, 0.6) is 11.5 Å². The number of aryl methyl sites for hydroxylation is 2. The van der Waals surface area contributed by atoms with Gasteiger partial charge in [0.15, 0.2) is 8.32 Å². The molecule has 0 unspecified atom stereocenters. The summed E-state index contributed by atoms with van der Waals surface area (Å²) in [6, 6.07) is 7.23. The highest BCUT2D eigenvalue weighted by Gasteiger charge is 2.44. The number of pyridine rings is 2. The van der Waals surface area contributed by atoms with E-state index in [9.17, 15) is 14.7 Å². The van der Waals surface area contributed by atoms with Crippen molar-refractivity contribution in [3.8, 4) is 17.3 Å². The van der Waals surface area contributed by atoms with Crippen molar-refractivity contribution in [2.75, 3.05) is 69.0 Å². The summed E-state index contributed by atoms with van der Waals surface area (Å²) in [4.78, 5) is 42.4. The van der Waals surface area contributed by atoms with Crippen LogP contribution < -0.4 is 25.0 Å². The van der Waals surface area contributed by atoms with Crippen molar-refractivity contribution >= 4 is 37.7 Å². The van der Waals surface area contributed by atoms with E-state index in [-0.39, 0.29) is 23.3 Å². The van der Waals surface area contributed by atoms with Gasteiger partial charge in [-0.3, -0.25) is 9.80 Å². The number of aliphatic hydroxyl groups excluding tert-OH is 1. The molecule has 0 radical (unpaired) electrons. The number of hydrogen-bond acceptors (Lipinski definition) is 13. The van der Waals surface area contributed by atoms with E-state index in [1.165, 1.54) is 0 Å². The maximum absolute atomic E-state index is 13.3. The van der Waals surface area contributed by atoms with Gasteiger partial charge in [0.25, 0.3) is 0 Å². The Bertz CT molecular complexity index is 2000. The average Bonchev–Trinajstić information content (AvgIpc) is 3.52. The second-order valence-corrected chi connectivity index (χ2v) is 24.9. The fraction of sp³-hybridized carbons (Fsp3) is 0.652. The zero-order valence-electron chi connectivity index (χ0n) is 41.0. The number of nitrogen functional groups attached to an aromatic ring is 1. The lowest BCUT2D eigenvalue weighted by molar-refractivity contribution is -0.00573. The van der Waals surface area contributed by atoms with Crippen molar-refractivity contribution in [1.29, 1.82) is 0 Å². The summed E-state index contributed by atoms with van der Waals surface area (Å²) in [6.45, 7) is 33.5. The molecule has 17 heteroatoms. The number of hydrogen-bond donors (Lipinski definition) is 2. The zero-order valence-corrected chi connectivity index (χ0v) is 42.0. The van der Waals surface area contributed by atoms with Gasteiger partial charge in [-0.05, 0) is 99.5 Å². The predicted molar refractivity (Wildman–Crippen MR) is 252 cm³/mol. The van der Waals surface area contributed by atoms with Gasteiger partial charge >= 0.3 is 12.2 Å². The van der Waals surface area contributed by atoms with Crippen LogP contribution in [-0.4, -0.2) is 139 Å². The Morgan fingerprint density at radius 2 is 1.19 bits per heavy atom. The summed E-state index contributed by atoms with van der Waals surface area (Å²) in [5, 5.41) is 10.2. The Hall–Kier alpha value is -4.74. The van der Waals surface area contributed by atoms with Gasteiger partial charge in [-0.15, -0.1) is 0 Å². The van der Waals surface area contributed by atoms with E-state index in [1.54, 1.807) is 38.3 Å². The number of anilines is 3. The first-order valence-corrected chi connectivity index (χ1v) is 24.8. The van der Waals surface area contributed by atoms with E-state index in [0.29, 0.717) is 50.8 Å². The third-order valence-corrected chi connectivity index (χ3v) is 16.4. The normalized spacial score (nSPS) is 18.6. The van der Waals surface area contributed by atoms with Gasteiger partial charge in [-0.2, -0.15) is 0 Å². The molecule has 2 aliphatic heterocycles. The van der Waals surface area contributed by atoms with Crippen LogP contribution in [-0.2, 0) is 13.9 Å². The Balaban J connectivity index is 0.000000302. The number of ether oxygens (including phenoxy) is 4. The van der Waals surface area contributed by atoms with Gasteiger partial charge in [0.05, 0.1) is 62.3 Å². The van der Waals surface area contributed by atoms with Crippen molar-refractivity contribution in [1.82, 2.24) is 24.3 Å². The zero-order chi connectivity index (χ0) is 47.4. The molecule has 16 nitrogen and oxygen atoms in total. The number of carbonyl (C=O) groups is 2. The van der Waals surface area contributed by atoms with E-state index in [1.807, 2.05) is 63.6 Å². The van der Waals surface area contributed by atoms with Crippen molar-refractivity contribution in [3.63, 3.8) is 0 Å². The largest absolute Gasteiger partial charge is 0.494 e. The van der Waals surface area contributed by atoms with Crippen molar-refractivity contribution in [3.05, 3.63) is 48.0 Å². The number of methoxy groups -OCH3 is 2. The van der Waals surface area contributed by atoms with Crippen LogP contribution in [0.1, 0.15) is 87.5 Å². The quantitative estimate of drug-likeness (QED) is 0.200. The van der Waals surface area contributed by atoms with Gasteiger partial charge in [-0.1, -0.05) is 20.8 Å². The summed E-state index contributed by atoms with van der Waals surface area (Å²) in [5.74, 6) is 2.57. The van der Waals surface area contributed by atoms with Crippen LogP contribution in [0.2, 0.25) is 18.1 Å². The molecule has 0 aromatic carbocycles. The first kappa shape index (κ1) is 50.9. The molecule has 2 aliphatic rings. The van der Waals surface area contributed by atoms with Crippen molar-refractivity contribution in [2.24, 2.45) is 0 Å². The number of carbonyl (C=O) groups excluding carboxylic acids is 2. The minimum Gasteiger partial charge on any atom is -0.494 e. The Morgan fingerprint density at radius 3 is 1.63 bits per heavy atom. The van der Waals surface area contributed by atoms with Crippen LogP contribution in [0.25, 0.3) is 5.82 Å². The fourth-order valence-corrected chi connectivity index (χ4v) is 8.95. The van der Waals surface area contributed by atoms with Crippen molar-refractivity contribution < 1.29 is 38.1 Å². The van der Waals surface area contributed by atoms with Gasteiger partial charge in [0.1, 0.15) is 34.3 Å². The third-order valence-electron chi connectivity index (χ3n) is 11.8. The summed E-state index contributed by atoms with van der Waals surface area (Å²) in [5.41, 5.74) is 8.49. The highest BCUT2D eigenvalue weighted by atomic mass is 28.4. The molecular formula is C46H76N8O8Si. The molecule has 3 aromatic heterocycles. The molecular weight excluding hydrogens is 821 g/mol. The molecule has 0 bridgehead atoms. The molecule has 2 amide bonds. The molecule has 3 N–H and O–H groups in total. The molecule has 2 fully saturated rings. The van der Waals surface area contributed by atoms with Crippen LogP contribution in [0.15, 0.2) is 36.7 Å². The average molecular weight is 897 g/mol. The molecule has 0 spiro atoms. The summed E-state index contributed by atoms with van der Waals surface area (Å²) in [6.07, 6.45) is 1.94. The maximum atomic E-state index is 13.3. The van der Waals surface area contributed by atoms with Gasteiger partial charge in [-0.25, -0.2) is 19.6 Å². The number of aliphatic hydroxyl groups is 1. The Morgan fingerprint density at radius 1 is 0.746 bits per heavy atom. The maximum Gasteiger partial charge on any atom is 0.410 e. The van der Waals surface area contributed by atoms with Gasteiger partial charge < -0.3 is 48.6 Å². The van der Waals surface area contributed by atoms with E-state index < -0.39 is 37.8 Å². The first-order valence-electron chi connectivity index (χ1n) is 21.9. The molecule has 0 saturated carbocycles. The lowest BCUT2D eigenvalue weighted by Crippen LogP contribution is -2.61. The second kappa shape index (κ2) is 20.0. The molecule has 4 atom stereocenters. The fourth-order valence-electron chi connectivity index (χ4n) is 7.51. The van der Waals surface area contributed by atoms with E-state index >= 15 is 0 Å². The van der Waals surface area contributed by atoms with Crippen LogP contribution in [0, 0.1) is 13.8 Å². The first-order chi connectivity index (χ1) is 29.1. The van der Waals surface area contributed by atoms with Crippen molar-refractivity contribution in [2.45, 2.75) is 144 Å². The Kier molecular flexibility index (Phi) is 16.1. The van der Waals surface area contributed by atoms with Gasteiger partial charge in [0, 0.05) is 62.8 Å². The van der Waals surface area contributed by atoms with Crippen LogP contribution in [0.3, 0.4) is 0 Å². The summed E-state index contributed by atoms with van der Waals surface area (Å²) < 4.78 is 31.4. The molecule has 63 heavy (non-hydrogen) atoms. The molecule has 5 rings (SSSR count). The summed E-state index contributed by atoms with van der Waals surface area (Å²) in [7, 11) is 1.19. The predicted octanol–water partition coefficient (Wildman–Crippen LogP) is 7.81. The molecule has 352 valence electrons. The minimum absolute atomic E-state index is 0.0596. The SMILES string of the molecule is COc1cc(-n2c(C)ccc2C)ncc1N1CCN(C(=O)OC(C)(C)C)[C@@H]([C@H](C)O[Si](C)(C)C(C)(C)C)C1.COc1cc(N)ncc1N1CCN(C(=O)OC(C)(C)C)[C@@H]([C@H](C)O)C1. The van der Waals surface area contributed by atoms with E-state index in [4.69, 9.17) is 34.1 Å². The standard InChI is InChI=1S/C29H48N4O4Si.C17H28N4O4/c1-20-13-14-21(2)33(20)26-17-25(35-10)23(18-30-26)31-15-16-32(27(34)36-28(4,5)6)24(19-31)22(3)37-38(11,12)29(7,8)9;1-11(22)13-10-20(12-9-19-15(18)8-14(12)24-5)6-7-21(13)16(23)25-17(2,3)4/h13-14,17-18,22,24H,15-16,19H2,1-12H3;8-9,11,13,22H,6-7,10H2,1-5H3,(H2,18,19)/t22-,24+;11-,13+/m00/s1. The highest BCUT2D eigenvalue weighted by Crippen LogP contribution is 2.39. The third kappa shape index (κ3) is 12.9. The molecule has 2 saturated heterocycles. The number of amides is 2. The van der Waals surface area contributed by atoms with Crippen LogP contribution in [0.4, 0.5) is 26.8 Å².